The van der Waals surface area contributed by atoms with Gasteiger partial charge < -0.3 is 28.5 Å². The van der Waals surface area contributed by atoms with Crippen LogP contribution in [0.3, 0.4) is 0 Å². The van der Waals surface area contributed by atoms with E-state index in [1.54, 1.807) is 0 Å². The highest BCUT2D eigenvalue weighted by atomic mass is 16.7. The number of allylic oxidation sites excluding steroid dienone is 14. The van der Waals surface area contributed by atoms with Crippen molar-refractivity contribution in [3.05, 3.63) is 85.1 Å². The van der Waals surface area contributed by atoms with Crippen molar-refractivity contribution in [2.75, 3.05) is 47.5 Å². The van der Waals surface area contributed by atoms with Crippen LogP contribution in [-0.4, -0.2) is 87.4 Å². The highest BCUT2D eigenvalue weighted by Gasteiger charge is 2.25. The summed E-state index contributed by atoms with van der Waals surface area (Å²) in [5.74, 6) is -2.00. The molecule has 0 radical (unpaired) electrons. The molecule has 0 spiro atoms. The summed E-state index contributed by atoms with van der Waals surface area (Å²) in [5.41, 5.74) is 0. The maximum absolute atomic E-state index is 12.9. The van der Waals surface area contributed by atoms with E-state index in [-0.39, 0.29) is 32.2 Å². The highest BCUT2D eigenvalue weighted by Crippen LogP contribution is 2.18. The second-order valence-corrected chi connectivity index (χ2v) is 24.5. The number of carbonyl (C=O) groups is 3. The first-order chi connectivity index (χ1) is 40.6. The van der Waals surface area contributed by atoms with Crippen LogP contribution >= 0.6 is 0 Å². The van der Waals surface area contributed by atoms with Crippen LogP contribution in [0.1, 0.15) is 309 Å². The van der Waals surface area contributed by atoms with E-state index in [2.05, 4.69) is 98.9 Å². The molecule has 9 nitrogen and oxygen atoms in total. The van der Waals surface area contributed by atoms with Crippen LogP contribution in [-0.2, 0) is 33.3 Å². The normalized spacial score (nSPS) is 13.2. The van der Waals surface area contributed by atoms with Crippen molar-refractivity contribution in [3.63, 3.8) is 0 Å². The number of unbranched alkanes of at least 4 members (excludes halogenated alkanes) is 35. The van der Waals surface area contributed by atoms with Crippen LogP contribution in [0, 0.1) is 0 Å². The van der Waals surface area contributed by atoms with E-state index >= 15 is 0 Å². The van der Waals surface area contributed by atoms with Crippen LogP contribution < -0.4 is 0 Å². The monoisotopic (exact) mass is 1160 g/mol. The zero-order chi connectivity index (χ0) is 60.5. The Morgan fingerprint density at radius 3 is 1.04 bits per heavy atom. The van der Waals surface area contributed by atoms with Crippen molar-refractivity contribution in [1.82, 2.24) is 0 Å². The van der Waals surface area contributed by atoms with E-state index in [9.17, 15) is 19.5 Å². The second kappa shape index (κ2) is 64.5. The molecule has 0 aliphatic carbocycles. The smallest absolute Gasteiger partial charge is 0.361 e. The maximum Gasteiger partial charge on any atom is 0.361 e. The Morgan fingerprint density at radius 2 is 0.687 bits per heavy atom. The average Bonchev–Trinajstić information content (AvgIpc) is 3.46. The second-order valence-electron chi connectivity index (χ2n) is 24.5. The van der Waals surface area contributed by atoms with Crippen LogP contribution in [0.15, 0.2) is 85.1 Å². The fourth-order valence-corrected chi connectivity index (χ4v) is 9.84. The molecule has 0 aromatic heterocycles. The Bertz CT molecular complexity index is 1640. The minimum atomic E-state index is -1.51. The molecule has 0 aromatic carbocycles. The molecule has 0 aliphatic rings. The molecule has 2 atom stereocenters. The van der Waals surface area contributed by atoms with E-state index in [1.807, 2.05) is 21.1 Å². The first kappa shape index (κ1) is 79.5. The summed E-state index contributed by atoms with van der Waals surface area (Å²) >= 11 is 0. The number of carboxylic acids is 1. The third kappa shape index (κ3) is 65.9. The number of hydrogen-bond donors (Lipinski definition) is 1. The third-order valence-electron chi connectivity index (χ3n) is 15.1. The van der Waals surface area contributed by atoms with E-state index in [0.29, 0.717) is 17.4 Å². The summed E-state index contributed by atoms with van der Waals surface area (Å²) in [7, 11) is 5.98. The van der Waals surface area contributed by atoms with Crippen LogP contribution in [0.2, 0.25) is 0 Å². The van der Waals surface area contributed by atoms with Gasteiger partial charge in [-0.05, 0) is 89.9 Å². The first-order valence-electron chi connectivity index (χ1n) is 34.8. The number of carbonyl (C=O) groups excluding carboxylic acids is 2. The number of nitrogens with zero attached hydrogens (tertiary/aromatic N) is 1. The molecule has 0 saturated heterocycles. The van der Waals surface area contributed by atoms with Gasteiger partial charge >= 0.3 is 17.9 Å². The summed E-state index contributed by atoms with van der Waals surface area (Å²) in [6.07, 6.45) is 84.2. The van der Waals surface area contributed by atoms with Gasteiger partial charge in [0.05, 0.1) is 34.4 Å². The summed E-state index contributed by atoms with van der Waals surface area (Å²) in [6.45, 7) is 4.79. The lowest BCUT2D eigenvalue weighted by molar-refractivity contribution is -0.870. The number of likely N-dealkylation sites (N-methyl/N-ethyl adjacent to an activating group) is 1. The molecular formula is C74H132NO8+. The maximum atomic E-state index is 12.9. The van der Waals surface area contributed by atoms with Gasteiger partial charge in [-0.2, -0.15) is 0 Å². The molecular weight excluding hydrogens is 1030 g/mol. The zero-order valence-corrected chi connectivity index (χ0v) is 54.8. The molecule has 9 heteroatoms. The summed E-state index contributed by atoms with van der Waals surface area (Å²) in [5, 5.41) is 9.73. The lowest BCUT2D eigenvalue weighted by Gasteiger charge is -2.25. The van der Waals surface area contributed by atoms with Gasteiger partial charge in [0.25, 0.3) is 6.29 Å². The zero-order valence-electron chi connectivity index (χ0n) is 54.8. The van der Waals surface area contributed by atoms with Gasteiger partial charge in [0, 0.05) is 12.8 Å². The molecule has 0 aromatic rings. The van der Waals surface area contributed by atoms with Gasteiger partial charge in [-0.1, -0.05) is 292 Å². The lowest BCUT2D eigenvalue weighted by atomic mass is 10.0. The Labute approximate surface area is 512 Å². The number of carboxylic acid groups (broad SMARTS) is 1. The van der Waals surface area contributed by atoms with Crippen LogP contribution in [0.4, 0.5) is 0 Å². The predicted molar refractivity (Wildman–Crippen MR) is 355 cm³/mol. The van der Waals surface area contributed by atoms with Gasteiger partial charge in [0.1, 0.15) is 13.2 Å². The largest absolute Gasteiger partial charge is 0.477 e. The molecule has 1 N–H and O–H groups in total. The van der Waals surface area contributed by atoms with Crippen molar-refractivity contribution in [1.29, 1.82) is 0 Å². The van der Waals surface area contributed by atoms with Gasteiger partial charge in [0.2, 0.25) is 0 Å². The molecule has 0 bridgehead atoms. The SMILES string of the molecule is CC/C=C\C/C=C\C/C=C\C/C=C\C/C=C\C/C=C\CCCCCCCCCCCCCCCCCCCCCCCCC(=O)OC(COC(=O)CCCCCCCCC/C=C\CCCCCCCC)COC(OCC[N+](C)(C)C)C(=O)O. The number of rotatable bonds is 64. The van der Waals surface area contributed by atoms with Crippen LogP contribution in [0.5, 0.6) is 0 Å². The molecule has 83 heavy (non-hydrogen) atoms. The van der Waals surface area contributed by atoms with Gasteiger partial charge in [-0.25, -0.2) is 4.79 Å². The number of esters is 2. The summed E-state index contributed by atoms with van der Waals surface area (Å²) in [4.78, 5) is 37.5. The molecule has 0 aliphatic heterocycles. The molecule has 0 saturated carbocycles. The fourth-order valence-electron chi connectivity index (χ4n) is 9.84. The van der Waals surface area contributed by atoms with E-state index in [1.165, 1.54) is 205 Å². The van der Waals surface area contributed by atoms with Crippen molar-refractivity contribution in [2.24, 2.45) is 0 Å². The summed E-state index contributed by atoms with van der Waals surface area (Å²) < 4.78 is 22.9. The number of ether oxygens (including phenoxy) is 4. The Morgan fingerprint density at radius 1 is 0.373 bits per heavy atom. The molecule has 0 heterocycles. The molecule has 0 fully saturated rings. The van der Waals surface area contributed by atoms with E-state index in [0.717, 1.165) is 77.0 Å². The number of aliphatic carboxylic acids is 1. The Kier molecular flexibility index (Phi) is 61.7. The van der Waals surface area contributed by atoms with Crippen molar-refractivity contribution in [3.8, 4) is 0 Å². The fraction of sp³-hybridized carbons (Fsp3) is 0.770. The first-order valence-corrected chi connectivity index (χ1v) is 34.8. The van der Waals surface area contributed by atoms with Crippen molar-refractivity contribution < 1.29 is 42.9 Å². The summed E-state index contributed by atoms with van der Waals surface area (Å²) in [6, 6.07) is 0. The van der Waals surface area contributed by atoms with Gasteiger partial charge in [-0.3, -0.25) is 9.59 Å². The molecule has 480 valence electrons. The molecule has 2 unspecified atom stereocenters. The quantitative estimate of drug-likeness (QED) is 0.0211. The standard InChI is InChI=1S/C74H131NO8/c1-6-8-10-12-14-16-18-20-22-24-25-26-27-28-29-30-31-32-33-34-35-36-37-38-39-40-41-42-43-44-45-46-47-49-51-53-55-57-59-61-63-65-72(77)83-70(69-82-74(73(78)79)80-67-66-75(3,4)5)68-81-71(76)64-62-60-58-56-54-52-50-48-23-21-19-17-15-13-11-9-7-2/h8,10,14,16,20-23,25-26,28-29,31-32,70,74H,6-7,9,11-13,15,17-19,24,27,30,33-69H2,1-5H3/p+1/b10-8-,16-14-,22-20-,23-21-,26-25-,29-28-,32-31-. The van der Waals surface area contributed by atoms with Crippen LogP contribution in [0.25, 0.3) is 0 Å². The van der Waals surface area contributed by atoms with Crippen molar-refractivity contribution in [2.45, 2.75) is 322 Å². The number of hydrogen-bond acceptors (Lipinski definition) is 7. The molecule has 0 amide bonds. The third-order valence-corrected chi connectivity index (χ3v) is 15.1. The average molecular weight is 1160 g/mol. The van der Waals surface area contributed by atoms with Crippen molar-refractivity contribution >= 4 is 17.9 Å². The van der Waals surface area contributed by atoms with E-state index < -0.39 is 24.3 Å². The van der Waals surface area contributed by atoms with E-state index in [4.69, 9.17) is 18.9 Å². The number of quaternary nitrogens is 1. The minimum Gasteiger partial charge on any atom is -0.477 e. The van der Waals surface area contributed by atoms with Gasteiger partial charge in [0.15, 0.2) is 6.10 Å². The Hall–Kier alpha value is -3.53. The minimum absolute atomic E-state index is 0.182. The molecule has 0 rings (SSSR count). The van der Waals surface area contributed by atoms with Gasteiger partial charge in [-0.15, -0.1) is 0 Å². The highest BCUT2D eigenvalue weighted by molar-refractivity contribution is 5.71. The lowest BCUT2D eigenvalue weighted by Crippen LogP contribution is -2.40. The topological polar surface area (TPSA) is 108 Å². The Balaban J connectivity index is 3.98. The predicted octanol–water partition coefficient (Wildman–Crippen LogP) is 21.5.